The van der Waals surface area contributed by atoms with Crippen molar-refractivity contribution >= 4 is 23.1 Å². The van der Waals surface area contributed by atoms with Crippen LogP contribution in [0.15, 0.2) is 24.5 Å². The van der Waals surface area contributed by atoms with Crippen LogP contribution in [0.25, 0.3) is 0 Å². The summed E-state index contributed by atoms with van der Waals surface area (Å²) >= 11 is 6.27. The second-order valence-corrected chi connectivity index (χ2v) is 7.93. The molecule has 1 aromatic carbocycles. The van der Waals surface area contributed by atoms with Gasteiger partial charge in [0.1, 0.15) is 12.1 Å². The SMILES string of the molecule is C[C@@H]1CCc2ncnc(N3CC[C@]4(CNc5ccc(Cl)cc54)C3)c21. The van der Waals surface area contributed by atoms with Crippen LogP contribution in [0.3, 0.4) is 0 Å². The molecule has 1 saturated heterocycles. The monoisotopic (exact) mass is 340 g/mol. The molecule has 1 N–H and O–H groups in total. The van der Waals surface area contributed by atoms with E-state index in [0.717, 1.165) is 43.3 Å². The summed E-state index contributed by atoms with van der Waals surface area (Å²) < 4.78 is 0. The number of fused-ring (bicyclic) bond motifs is 3. The Bertz CT molecular complexity index is 821. The first-order valence-corrected chi connectivity index (χ1v) is 9.17. The van der Waals surface area contributed by atoms with Crippen LogP contribution >= 0.6 is 11.6 Å². The van der Waals surface area contributed by atoms with Gasteiger partial charge in [0, 0.05) is 47.0 Å². The first-order chi connectivity index (χ1) is 11.7. The third-order valence-electron chi connectivity index (χ3n) is 6.08. The standard InChI is InChI=1S/C19H21ClN4/c1-12-2-4-16-17(12)18(23-11-22-16)24-7-6-19(10-24)9-21-15-5-3-13(20)8-14(15)19/h3,5,8,11-12,21H,2,4,6-7,9-10H2,1H3/t12-,19+/m1/s1. The van der Waals surface area contributed by atoms with Crippen molar-refractivity contribution in [2.24, 2.45) is 0 Å². The van der Waals surface area contributed by atoms with Crippen molar-refractivity contribution in [3.63, 3.8) is 0 Å². The van der Waals surface area contributed by atoms with Gasteiger partial charge in [-0.3, -0.25) is 0 Å². The van der Waals surface area contributed by atoms with E-state index in [1.54, 1.807) is 6.33 Å². The number of anilines is 2. The maximum atomic E-state index is 6.27. The Hall–Kier alpha value is -1.81. The Morgan fingerprint density at radius 1 is 1.33 bits per heavy atom. The average Bonchev–Trinajstić information content (AvgIpc) is 3.28. The Morgan fingerprint density at radius 2 is 2.25 bits per heavy atom. The van der Waals surface area contributed by atoms with E-state index in [0.29, 0.717) is 5.92 Å². The summed E-state index contributed by atoms with van der Waals surface area (Å²) in [4.78, 5) is 11.7. The highest BCUT2D eigenvalue weighted by molar-refractivity contribution is 6.30. The van der Waals surface area contributed by atoms with Gasteiger partial charge in [-0.05, 0) is 48.9 Å². The van der Waals surface area contributed by atoms with E-state index in [9.17, 15) is 0 Å². The molecular formula is C19H21ClN4. The number of rotatable bonds is 1. The number of halogens is 1. The third-order valence-corrected chi connectivity index (χ3v) is 6.31. The number of aromatic nitrogens is 2. The van der Waals surface area contributed by atoms with E-state index < -0.39 is 0 Å². The third kappa shape index (κ3) is 1.99. The minimum Gasteiger partial charge on any atom is -0.384 e. The molecule has 5 rings (SSSR count). The summed E-state index contributed by atoms with van der Waals surface area (Å²) in [7, 11) is 0. The predicted molar refractivity (Wildman–Crippen MR) is 97.2 cm³/mol. The zero-order chi connectivity index (χ0) is 16.3. The molecular weight excluding hydrogens is 320 g/mol. The van der Waals surface area contributed by atoms with Gasteiger partial charge in [0.05, 0.1) is 0 Å². The van der Waals surface area contributed by atoms with Crippen LogP contribution in [0.2, 0.25) is 5.02 Å². The predicted octanol–water partition coefficient (Wildman–Crippen LogP) is 3.75. The topological polar surface area (TPSA) is 41.1 Å². The Morgan fingerprint density at radius 3 is 3.17 bits per heavy atom. The van der Waals surface area contributed by atoms with Gasteiger partial charge in [0.25, 0.3) is 0 Å². The van der Waals surface area contributed by atoms with E-state index in [1.807, 2.05) is 6.07 Å². The molecule has 124 valence electrons. The fourth-order valence-corrected chi connectivity index (χ4v) is 4.93. The molecule has 1 aliphatic carbocycles. The first-order valence-electron chi connectivity index (χ1n) is 8.79. The molecule has 1 aromatic heterocycles. The molecule has 1 spiro atoms. The average molecular weight is 341 g/mol. The summed E-state index contributed by atoms with van der Waals surface area (Å²) in [6, 6.07) is 6.23. The van der Waals surface area contributed by atoms with Crippen molar-refractivity contribution in [3.05, 3.63) is 46.4 Å². The molecule has 3 aliphatic rings. The highest BCUT2D eigenvalue weighted by Crippen LogP contribution is 2.46. The molecule has 5 heteroatoms. The summed E-state index contributed by atoms with van der Waals surface area (Å²) in [5.74, 6) is 1.73. The van der Waals surface area contributed by atoms with Crippen LogP contribution in [-0.4, -0.2) is 29.6 Å². The quantitative estimate of drug-likeness (QED) is 0.858. The summed E-state index contributed by atoms with van der Waals surface area (Å²) in [6.45, 7) is 5.34. The van der Waals surface area contributed by atoms with E-state index in [1.165, 1.54) is 28.9 Å². The number of nitrogens with one attached hydrogen (secondary N) is 1. The Balaban J connectivity index is 1.52. The van der Waals surface area contributed by atoms with Crippen molar-refractivity contribution in [1.29, 1.82) is 0 Å². The van der Waals surface area contributed by atoms with Crippen molar-refractivity contribution in [2.75, 3.05) is 29.9 Å². The van der Waals surface area contributed by atoms with Crippen LogP contribution < -0.4 is 10.2 Å². The van der Waals surface area contributed by atoms with E-state index in [-0.39, 0.29) is 5.41 Å². The van der Waals surface area contributed by atoms with E-state index >= 15 is 0 Å². The smallest absolute Gasteiger partial charge is 0.135 e. The molecule has 2 aromatic rings. The lowest BCUT2D eigenvalue weighted by atomic mass is 9.81. The molecule has 4 nitrogen and oxygen atoms in total. The molecule has 24 heavy (non-hydrogen) atoms. The van der Waals surface area contributed by atoms with Gasteiger partial charge < -0.3 is 10.2 Å². The zero-order valence-electron chi connectivity index (χ0n) is 13.8. The molecule has 2 aliphatic heterocycles. The van der Waals surface area contributed by atoms with E-state index in [4.69, 9.17) is 11.6 Å². The van der Waals surface area contributed by atoms with Crippen LogP contribution in [-0.2, 0) is 11.8 Å². The molecule has 0 radical (unpaired) electrons. The second kappa shape index (κ2) is 5.09. The van der Waals surface area contributed by atoms with E-state index in [2.05, 4.69) is 39.2 Å². The highest BCUT2D eigenvalue weighted by atomic mass is 35.5. The minimum atomic E-state index is 0.153. The van der Waals surface area contributed by atoms with Gasteiger partial charge in [-0.1, -0.05) is 18.5 Å². The number of benzene rings is 1. The lowest BCUT2D eigenvalue weighted by Gasteiger charge is -2.26. The highest BCUT2D eigenvalue weighted by Gasteiger charge is 2.45. The van der Waals surface area contributed by atoms with Gasteiger partial charge in [-0.25, -0.2) is 9.97 Å². The molecule has 3 heterocycles. The maximum Gasteiger partial charge on any atom is 0.135 e. The zero-order valence-corrected chi connectivity index (χ0v) is 14.6. The Labute approximate surface area is 147 Å². The van der Waals surface area contributed by atoms with Crippen LogP contribution in [0.4, 0.5) is 11.5 Å². The van der Waals surface area contributed by atoms with Gasteiger partial charge in [-0.15, -0.1) is 0 Å². The summed E-state index contributed by atoms with van der Waals surface area (Å²) in [5.41, 5.74) is 5.40. The van der Waals surface area contributed by atoms with Gasteiger partial charge in [0.15, 0.2) is 0 Å². The van der Waals surface area contributed by atoms with Gasteiger partial charge in [0.2, 0.25) is 0 Å². The molecule has 2 atom stereocenters. The molecule has 0 saturated carbocycles. The lowest BCUT2D eigenvalue weighted by Crippen LogP contribution is -2.33. The van der Waals surface area contributed by atoms with Crippen LogP contribution in [0, 0.1) is 0 Å². The normalized spacial score (nSPS) is 27.4. The number of hydrogen-bond acceptors (Lipinski definition) is 4. The van der Waals surface area contributed by atoms with Crippen LogP contribution in [0.1, 0.15) is 42.5 Å². The number of aryl methyl sites for hydroxylation is 1. The lowest BCUT2D eigenvalue weighted by molar-refractivity contribution is 0.528. The Kier molecular flexibility index (Phi) is 3.08. The molecule has 0 unspecified atom stereocenters. The van der Waals surface area contributed by atoms with Crippen molar-refractivity contribution < 1.29 is 0 Å². The van der Waals surface area contributed by atoms with Crippen molar-refractivity contribution in [2.45, 2.75) is 37.5 Å². The van der Waals surface area contributed by atoms with Gasteiger partial charge >= 0.3 is 0 Å². The van der Waals surface area contributed by atoms with Crippen molar-refractivity contribution in [1.82, 2.24) is 9.97 Å². The van der Waals surface area contributed by atoms with Gasteiger partial charge in [-0.2, -0.15) is 0 Å². The fraction of sp³-hybridized carbons (Fsp3) is 0.474. The number of hydrogen-bond donors (Lipinski definition) is 1. The summed E-state index contributed by atoms with van der Waals surface area (Å²) in [6.07, 6.45) is 5.17. The molecule has 0 amide bonds. The minimum absolute atomic E-state index is 0.153. The maximum absolute atomic E-state index is 6.27. The molecule has 0 bridgehead atoms. The van der Waals surface area contributed by atoms with Crippen molar-refractivity contribution in [3.8, 4) is 0 Å². The van der Waals surface area contributed by atoms with Crippen LogP contribution in [0.5, 0.6) is 0 Å². The summed E-state index contributed by atoms with van der Waals surface area (Å²) in [5, 5.41) is 4.40. The second-order valence-electron chi connectivity index (χ2n) is 7.49. The number of nitrogens with zero attached hydrogens (tertiary/aromatic N) is 3. The fourth-order valence-electron chi connectivity index (χ4n) is 4.76. The largest absolute Gasteiger partial charge is 0.384 e. The first kappa shape index (κ1) is 14.5. The molecule has 1 fully saturated rings.